The lowest BCUT2D eigenvalue weighted by atomic mass is 10.1. The van der Waals surface area contributed by atoms with Gasteiger partial charge in [-0.3, -0.25) is 9.69 Å². The lowest BCUT2D eigenvalue weighted by Gasteiger charge is -2.35. The highest BCUT2D eigenvalue weighted by atomic mass is 16.2. The molecule has 1 saturated heterocycles. The minimum atomic E-state index is -0.109. The van der Waals surface area contributed by atoms with E-state index in [9.17, 15) is 4.79 Å². The van der Waals surface area contributed by atoms with Crippen molar-refractivity contribution >= 4 is 17.4 Å². The van der Waals surface area contributed by atoms with Gasteiger partial charge in [0.15, 0.2) is 5.69 Å². The van der Waals surface area contributed by atoms with Crippen molar-refractivity contribution in [2.45, 2.75) is 33.2 Å². The van der Waals surface area contributed by atoms with Crippen LogP contribution in [0, 0.1) is 5.92 Å². The van der Waals surface area contributed by atoms with Crippen LogP contribution in [0.25, 0.3) is 5.52 Å². The zero-order chi connectivity index (χ0) is 21.8. The molecule has 1 aliphatic heterocycles. The molecule has 8 nitrogen and oxygen atoms in total. The Bertz CT molecular complexity index is 1010. The van der Waals surface area contributed by atoms with Gasteiger partial charge in [0.05, 0.1) is 5.52 Å². The van der Waals surface area contributed by atoms with Crippen molar-refractivity contribution in [2.24, 2.45) is 5.92 Å². The zero-order valence-electron chi connectivity index (χ0n) is 18.5. The van der Waals surface area contributed by atoms with Crippen molar-refractivity contribution in [3.8, 4) is 0 Å². The molecule has 31 heavy (non-hydrogen) atoms. The van der Waals surface area contributed by atoms with E-state index in [1.165, 1.54) is 0 Å². The van der Waals surface area contributed by atoms with Gasteiger partial charge in [0.2, 0.25) is 5.95 Å². The summed E-state index contributed by atoms with van der Waals surface area (Å²) < 4.78 is 2.03. The molecule has 0 bridgehead atoms. The number of hydrogen-bond acceptors (Lipinski definition) is 6. The van der Waals surface area contributed by atoms with Crippen LogP contribution >= 0.6 is 0 Å². The minimum Gasteiger partial charge on any atom is -0.347 e. The van der Waals surface area contributed by atoms with Gasteiger partial charge in [-0.25, -0.2) is 15.0 Å². The van der Waals surface area contributed by atoms with Gasteiger partial charge in [0, 0.05) is 63.8 Å². The third-order valence-electron chi connectivity index (χ3n) is 5.54. The number of rotatable bonds is 7. The molecule has 0 spiro atoms. The molecule has 3 aromatic rings. The number of piperazine rings is 1. The molecular formula is C23H31N7O. The van der Waals surface area contributed by atoms with E-state index in [-0.39, 0.29) is 11.9 Å². The Morgan fingerprint density at radius 1 is 1.06 bits per heavy atom. The van der Waals surface area contributed by atoms with E-state index in [1.807, 2.05) is 34.9 Å². The summed E-state index contributed by atoms with van der Waals surface area (Å²) in [5.74, 6) is 2.08. The van der Waals surface area contributed by atoms with E-state index in [4.69, 9.17) is 0 Å². The van der Waals surface area contributed by atoms with Crippen LogP contribution in [0.1, 0.15) is 37.1 Å². The van der Waals surface area contributed by atoms with E-state index in [1.54, 1.807) is 12.4 Å². The number of aromatic nitrogens is 4. The molecule has 1 amide bonds. The number of nitrogens with one attached hydrogen (secondary N) is 1. The summed E-state index contributed by atoms with van der Waals surface area (Å²) in [7, 11) is 0. The topological polar surface area (TPSA) is 78.7 Å². The van der Waals surface area contributed by atoms with Gasteiger partial charge in [-0.05, 0) is 31.0 Å². The van der Waals surface area contributed by atoms with Gasteiger partial charge in [-0.1, -0.05) is 19.9 Å². The predicted molar refractivity (Wildman–Crippen MR) is 121 cm³/mol. The quantitative estimate of drug-likeness (QED) is 0.631. The Hall–Kier alpha value is -3.00. The summed E-state index contributed by atoms with van der Waals surface area (Å²) in [6.45, 7) is 10.8. The Kier molecular flexibility index (Phi) is 6.46. The fourth-order valence-electron chi connectivity index (χ4n) is 4.09. The second-order valence-electron chi connectivity index (χ2n) is 8.64. The maximum Gasteiger partial charge on any atom is 0.272 e. The average Bonchev–Trinajstić information content (AvgIpc) is 3.13. The second kappa shape index (κ2) is 9.43. The Balaban J connectivity index is 1.35. The number of pyridine rings is 1. The van der Waals surface area contributed by atoms with Crippen LogP contribution in [-0.4, -0.2) is 68.9 Å². The van der Waals surface area contributed by atoms with E-state index in [2.05, 4.69) is 50.8 Å². The average molecular weight is 422 g/mol. The molecule has 0 saturated carbocycles. The fourth-order valence-corrected chi connectivity index (χ4v) is 4.09. The first-order valence-corrected chi connectivity index (χ1v) is 11.0. The number of anilines is 1. The van der Waals surface area contributed by atoms with Gasteiger partial charge in [-0.15, -0.1) is 0 Å². The molecule has 0 aromatic carbocycles. The SMILES string of the molecule is CC(C)Cc1nc(C(=O)NC(C)CN2CCN(c3ncccn3)CC2)c2ccccn12. The van der Waals surface area contributed by atoms with E-state index < -0.39 is 0 Å². The maximum atomic E-state index is 13.0. The smallest absolute Gasteiger partial charge is 0.272 e. The number of hydrogen-bond donors (Lipinski definition) is 1. The third-order valence-corrected chi connectivity index (χ3v) is 5.54. The number of fused-ring (bicyclic) bond motifs is 1. The van der Waals surface area contributed by atoms with Crippen LogP contribution in [0.15, 0.2) is 42.9 Å². The normalized spacial score (nSPS) is 16.1. The van der Waals surface area contributed by atoms with Gasteiger partial charge < -0.3 is 14.6 Å². The Morgan fingerprint density at radius 3 is 2.52 bits per heavy atom. The lowest BCUT2D eigenvalue weighted by molar-refractivity contribution is 0.0925. The molecule has 1 fully saturated rings. The predicted octanol–water partition coefficient (Wildman–Crippen LogP) is 2.26. The highest BCUT2D eigenvalue weighted by Gasteiger charge is 2.23. The van der Waals surface area contributed by atoms with E-state index >= 15 is 0 Å². The fraction of sp³-hybridized carbons (Fsp3) is 0.478. The van der Waals surface area contributed by atoms with E-state index in [0.717, 1.165) is 56.4 Å². The monoisotopic (exact) mass is 421 g/mol. The van der Waals surface area contributed by atoms with Crippen molar-refractivity contribution in [2.75, 3.05) is 37.6 Å². The number of imidazole rings is 1. The van der Waals surface area contributed by atoms with Gasteiger partial charge in [-0.2, -0.15) is 0 Å². The molecule has 0 radical (unpaired) electrons. The number of amides is 1. The highest BCUT2D eigenvalue weighted by molar-refractivity contribution is 5.99. The first-order chi connectivity index (χ1) is 15.0. The molecule has 3 aromatic heterocycles. The van der Waals surface area contributed by atoms with Gasteiger partial charge in [0.1, 0.15) is 5.82 Å². The number of carbonyl (C=O) groups is 1. The van der Waals surface area contributed by atoms with Gasteiger partial charge in [0.25, 0.3) is 5.91 Å². The largest absolute Gasteiger partial charge is 0.347 e. The first-order valence-electron chi connectivity index (χ1n) is 11.0. The zero-order valence-corrected chi connectivity index (χ0v) is 18.5. The molecule has 1 unspecified atom stereocenters. The summed E-state index contributed by atoms with van der Waals surface area (Å²) in [6.07, 6.45) is 6.37. The van der Waals surface area contributed by atoms with Crippen LogP contribution in [0.5, 0.6) is 0 Å². The Morgan fingerprint density at radius 2 is 1.81 bits per heavy atom. The summed E-state index contributed by atoms with van der Waals surface area (Å²) in [5, 5.41) is 3.15. The number of nitrogens with zero attached hydrogens (tertiary/aromatic N) is 6. The van der Waals surface area contributed by atoms with Crippen LogP contribution in [0.4, 0.5) is 5.95 Å². The molecular weight excluding hydrogens is 390 g/mol. The lowest BCUT2D eigenvalue weighted by Crippen LogP contribution is -2.51. The van der Waals surface area contributed by atoms with Crippen molar-refractivity contribution in [1.29, 1.82) is 0 Å². The summed E-state index contributed by atoms with van der Waals surface area (Å²) in [5.41, 5.74) is 1.37. The van der Waals surface area contributed by atoms with Crippen LogP contribution in [0.3, 0.4) is 0 Å². The van der Waals surface area contributed by atoms with Crippen molar-refractivity contribution < 1.29 is 4.79 Å². The molecule has 1 atom stereocenters. The van der Waals surface area contributed by atoms with E-state index in [0.29, 0.717) is 11.6 Å². The van der Waals surface area contributed by atoms with Crippen LogP contribution in [-0.2, 0) is 6.42 Å². The molecule has 164 valence electrons. The maximum absolute atomic E-state index is 13.0. The van der Waals surface area contributed by atoms with Crippen LogP contribution < -0.4 is 10.2 Å². The van der Waals surface area contributed by atoms with Crippen molar-refractivity contribution in [3.05, 3.63) is 54.4 Å². The molecule has 1 N–H and O–H groups in total. The Labute approximate surface area is 183 Å². The summed E-state index contributed by atoms with van der Waals surface area (Å²) in [6, 6.07) is 7.75. The molecule has 0 aliphatic carbocycles. The molecule has 4 heterocycles. The summed E-state index contributed by atoms with van der Waals surface area (Å²) in [4.78, 5) is 31.0. The van der Waals surface area contributed by atoms with Crippen molar-refractivity contribution in [3.63, 3.8) is 0 Å². The third kappa shape index (κ3) is 5.02. The minimum absolute atomic E-state index is 0.0287. The standard InChI is InChI=1S/C23H31N7O/c1-17(2)15-20-27-21(19-7-4-5-10-30(19)20)22(31)26-18(3)16-28-11-13-29(14-12-28)23-24-8-6-9-25-23/h4-10,17-18H,11-16H2,1-3H3,(H,26,31). The molecule has 8 heteroatoms. The summed E-state index contributed by atoms with van der Waals surface area (Å²) >= 11 is 0. The second-order valence-corrected chi connectivity index (χ2v) is 8.64. The molecule has 4 rings (SSSR count). The first kappa shape index (κ1) is 21.2. The van der Waals surface area contributed by atoms with Crippen LogP contribution in [0.2, 0.25) is 0 Å². The highest BCUT2D eigenvalue weighted by Crippen LogP contribution is 2.16. The number of carbonyl (C=O) groups excluding carboxylic acids is 1. The van der Waals surface area contributed by atoms with Gasteiger partial charge >= 0.3 is 0 Å². The van der Waals surface area contributed by atoms with Crippen molar-refractivity contribution in [1.82, 2.24) is 29.6 Å². The molecule has 1 aliphatic rings.